The SMILES string of the molecule is O=C(O)c1ccnc(C(=O)NCc2cccc(NC(=O)C3CCC3)c2)c1. The monoisotopic (exact) mass is 353 g/mol. The number of amides is 2. The van der Waals surface area contributed by atoms with Crippen LogP contribution in [0.3, 0.4) is 0 Å². The number of nitrogens with zero attached hydrogens (tertiary/aromatic N) is 1. The van der Waals surface area contributed by atoms with Crippen LogP contribution in [0.15, 0.2) is 42.6 Å². The maximum atomic E-state index is 12.2. The van der Waals surface area contributed by atoms with Gasteiger partial charge in [0.25, 0.3) is 5.91 Å². The number of anilines is 1. The Balaban J connectivity index is 1.59. The Morgan fingerprint density at radius 2 is 1.96 bits per heavy atom. The molecule has 1 saturated carbocycles. The molecule has 0 radical (unpaired) electrons. The van der Waals surface area contributed by atoms with Crippen LogP contribution in [-0.2, 0) is 11.3 Å². The van der Waals surface area contributed by atoms with Gasteiger partial charge in [0, 0.05) is 24.3 Å². The highest BCUT2D eigenvalue weighted by molar-refractivity contribution is 5.96. The molecule has 26 heavy (non-hydrogen) atoms. The van der Waals surface area contributed by atoms with E-state index in [0.717, 1.165) is 24.8 Å². The largest absolute Gasteiger partial charge is 0.478 e. The van der Waals surface area contributed by atoms with Gasteiger partial charge in [0.15, 0.2) is 0 Å². The Hall–Kier alpha value is -3.22. The first-order chi connectivity index (χ1) is 12.5. The van der Waals surface area contributed by atoms with Gasteiger partial charge in [-0.15, -0.1) is 0 Å². The maximum absolute atomic E-state index is 12.2. The average molecular weight is 353 g/mol. The van der Waals surface area contributed by atoms with Crippen molar-refractivity contribution in [3.8, 4) is 0 Å². The number of benzene rings is 1. The summed E-state index contributed by atoms with van der Waals surface area (Å²) in [6.45, 7) is 0.241. The predicted molar refractivity (Wildman–Crippen MR) is 94.8 cm³/mol. The number of aromatic nitrogens is 1. The van der Waals surface area contributed by atoms with E-state index in [9.17, 15) is 14.4 Å². The van der Waals surface area contributed by atoms with Crippen LogP contribution >= 0.6 is 0 Å². The standard InChI is InChI=1S/C19H19N3O4/c23-17(13-4-2-5-13)22-15-6-1-3-12(9-15)11-21-18(24)16-10-14(19(25)26)7-8-20-16/h1,3,6-10,13H,2,4-5,11H2,(H,21,24)(H,22,23)(H,25,26). The fourth-order valence-corrected chi connectivity index (χ4v) is 2.63. The lowest BCUT2D eigenvalue weighted by molar-refractivity contribution is -0.122. The third kappa shape index (κ3) is 4.24. The van der Waals surface area contributed by atoms with E-state index in [4.69, 9.17) is 5.11 Å². The van der Waals surface area contributed by atoms with E-state index >= 15 is 0 Å². The van der Waals surface area contributed by atoms with Crippen molar-refractivity contribution in [1.82, 2.24) is 10.3 Å². The molecule has 7 nitrogen and oxygen atoms in total. The zero-order chi connectivity index (χ0) is 18.5. The number of hydrogen-bond donors (Lipinski definition) is 3. The molecule has 2 amide bonds. The molecular formula is C19H19N3O4. The Kier molecular flexibility index (Phi) is 5.26. The van der Waals surface area contributed by atoms with Crippen molar-refractivity contribution in [2.75, 3.05) is 5.32 Å². The molecule has 0 aliphatic heterocycles. The zero-order valence-corrected chi connectivity index (χ0v) is 14.1. The van der Waals surface area contributed by atoms with Crippen LogP contribution in [0.4, 0.5) is 5.69 Å². The predicted octanol–water partition coefficient (Wildman–Crippen LogP) is 2.45. The Labute approximate surface area is 150 Å². The zero-order valence-electron chi connectivity index (χ0n) is 14.1. The van der Waals surface area contributed by atoms with Gasteiger partial charge in [0.05, 0.1) is 5.56 Å². The highest BCUT2D eigenvalue weighted by atomic mass is 16.4. The molecule has 1 aliphatic carbocycles. The van der Waals surface area contributed by atoms with Crippen molar-refractivity contribution < 1.29 is 19.5 Å². The van der Waals surface area contributed by atoms with Crippen molar-refractivity contribution in [3.63, 3.8) is 0 Å². The molecular weight excluding hydrogens is 334 g/mol. The lowest BCUT2D eigenvalue weighted by Gasteiger charge is -2.24. The molecule has 0 bridgehead atoms. The summed E-state index contributed by atoms with van der Waals surface area (Å²) in [5.74, 6) is -1.44. The average Bonchev–Trinajstić information content (AvgIpc) is 2.58. The topological polar surface area (TPSA) is 108 Å². The molecule has 1 fully saturated rings. The molecule has 0 spiro atoms. The Bertz CT molecular complexity index is 846. The quantitative estimate of drug-likeness (QED) is 0.739. The van der Waals surface area contributed by atoms with Crippen molar-refractivity contribution in [2.24, 2.45) is 5.92 Å². The summed E-state index contributed by atoms with van der Waals surface area (Å²) in [4.78, 5) is 39.0. The lowest BCUT2D eigenvalue weighted by atomic mass is 9.85. The van der Waals surface area contributed by atoms with Crippen molar-refractivity contribution >= 4 is 23.5 Å². The molecule has 7 heteroatoms. The Morgan fingerprint density at radius 1 is 1.15 bits per heavy atom. The molecule has 0 atom stereocenters. The summed E-state index contributed by atoms with van der Waals surface area (Å²) < 4.78 is 0. The van der Waals surface area contributed by atoms with E-state index in [2.05, 4.69) is 15.6 Å². The minimum Gasteiger partial charge on any atom is -0.478 e. The molecule has 1 aromatic heterocycles. The van der Waals surface area contributed by atoms with E-state index in [1.165, 1.54) is 18.3 Å². The van der Waals surface area contributed by atoms with Gasteiger partial charge >= 0.3 is 5.97 Å². The van der Waals surface area contributed by atoms with Crippen LogP contribution in [0.1, 0.15) is 45.7 Å². The number of pyridine rings is 1. The van der Waals surface area contributed by atoms with Crippen LogP contribution in [0, 0.1) is 5.92 Å². The highest BCUT2D eigenvalue weighted by Gasteiger charge is 2.25. The number of nitrogens with one attached hydrogen (secondary N) is 2. The molecule has 3 N–H and O–H groups in total. The molecule has 2 aromatic rings. The van der Waals surface area contributed by atoms with Crippen LogP contribution in [0.2, 0.25) is 0 Å². The van der Waals surface area contributed by atoms with Gasteiger partial charge in [-0.3, -0.25) is 14.6 Å². The van der Waals surface area contributed by atoms with E-state index in [0.29, 0.717) is 5.69 Å². The minimum absolute atomic E-state index is 0.00542. The number of aromatic carboxylic acids is 1. The number of carbonyl (C=O) groups excluding carboxylic acids is 2. The molecule has 1 aromatic carbocycles. The summed E-state index contributed by atoms with van der Waals surface area (Å²) in [6, 6.07) is 9.81. The minimum atomic E-state index is -1.11. The first-order valence-corrected chi connectivity index (χ1v) is 8.40. The first kappa shape index (κ1) is 17.6. The fourth-order valence-electron chi connectivity index (χ4n) is 2.63. The fraction of sp³-hybridized carbons (Fsp3) is 0.263. The van der Waals surface area contributed by atoms with Gasteiger partial charge in [0.2, 0.25) is 5.91 Å². The van der Waals surface area contributed by atoms with E-state index in [-0.39, 0.29) is 29.6 Å². The van der Waals surface area contributed by atoms with Crippen LogP contribution in [-0.4, -0.2) is 27.9 Å². The highest BCUT2D eigenvalue weighted by Crippen LogP contribution is 2.27. The van der Waals surface area contributed by atoms with Gasteiger partial charge in [-0.2, -0.15) is 0 Å². The number of carbonyl (C=O) groups is 3. The summed E-state index contributed by atoms with van der Waals surface area (Å²) >= 11 is 0. The normalized spacial score (nSPS) is 13.5. The van der Waals surface area contributed by atoms with Crippen LogP contribution in [0.5, 0.6) is 0 Å². The summed E-state index contributed by atoms with van der Waals surface area (Å²) in [7, 11) is 0. The van der Waals surface area contributed by atoms with Gasteiger partial charge in [0.1, 0.15) is 5.69 Å². The first-order valence-electron chi connectivity index (χ1n) is 8.40. The van der Waals surface area contributed by atoms with Crippen LogP contribution in [0.25, 0.3) is 0 Å². The van der Waals surface area contributed by atoms with Gasteiger partial charge in [-0.25, -0.2) is 4.79 Å². The van der Waals surface area contributed by atoms with Gasteiger partial charge < -0.3 is 15.7 Å². The maximum Gasteiger partial charge on any atom is 0.335 e. The summed E-state index contributed by atoms with van der Waals surface area (Å²) in [5, 5.41) is 14.6. The third-order valence-electron chi connectivity index (χ3n) is 4.36. The molecule has 0 unspecified atom stereocenters. The second kappa shape index (κ2) is 7.77. The van der Waals surface area contributed by atoms with Crippen molar-refractivity contribution in [2.45, 2.75) is 25.8 Å². The number of rotatable bonds is 6. The van der Waals surface area contributed by atoms with Crippen molar-refractivity contribution in [3.05, 3.63) is 59.4 Å². The number of hydrogen-bond acceptors (Lipinski definition) is 4. The van der Waals surface area contributed by atoms with E-state index in [1.807, 2.05) is 6.07 Å². The third-order valence-corrected chi connectivity index (χ3v) is 4.36. The molecule has 1 heterocycles. The van der Waals surface area contributed by atoms with Gasteiger partial charge in [-0.1, -0.05) is 18.6 Å². The Morgan fingerprint density at radius 3 is 2.65 bits per heavy atom. The van der Waals surface area contributed by atoms with E-state index in [1.54, 1.807) is 18.2 Å². The molecule has 3 rings (SSSR count). The van der Waals surface area contributed by atoms with Gasteiger partial charge in [-0.05, 0) is 42.7 Å². The number of carboxylic acids is 1. The molecule has 1 aliphatic rings. The second-order valence-electron chi connectivity index (χ2n) is 6.24. The number of carboxylic acid groups (broad SMARTS) is 1. The summed E-state index contributed by atoms with van der Waals surface area (Å²) in [6.07, 6.45) is 4.25. The molecule has 0 saturated heterocycles. The molecule has 134 valence electrons. The lowest BCUT2D eigenvalue weighted by Crippen LogP contribution is -2.28. The van der Waals surface area contributed by atoms with Crippen LogP contribution < -0.4 is 10.6 Å². The summed E-state index contributed by atoms with van der Waals surface area (Å²) in [5.41, 5.74) is 1.56. The smallest absolute Gasteiger partial charge is 0.335 e. The van der Waals surface area contributed by atoms with Crippen molar-refractivity contribution in [1.29, 1.82) is 0 Å². The second-order valence-corrected chi connectivity index (χ2v) is 6.24. The van der Waals surface area contributed by atoms with E-state index < -0.39 is 11.9 Å².